The minimum atomic E-state index is 0. The summed E-state index contributed by atoms with van der Waals surface area (Å²) in [5.74, 6) is 0.921. The van der Waals surface area contributed by atoms with Crippen LogP contribution in [0, 0.1) is 18.9 Å². The first-order valence-corrected chi connectivity index (χ1v) is 9.64. The second kappa shape index (κ2) is 13.8. The van der Waals surface area contributed by atoms with Crippen molar-refractivity contribution in [2.75, 3.05) is 0 Å². The van der Waals surface area contributed by atoms with Crippen molar-refractivity contribution in [1.29, 1.82) is 0 Å². The minimum absolute atomic E-state index is 0. The molecule has 1 nitrogen and oxygen atoms in total. The summed E-state index contributed by atoms with van der Waals surface area (Å²) in [4.78, 5) is 0. The summed E-state index contributed by atoms with van der Waals surface area (Å²) < 4.78 is 1.42. The van der Waals surface area contributed by atoms with Gasteiger partial charge in [-0.25, -0.2) is 5.57 Å². The molecule has 0 saturated heterocycles. The van der Waals surface area contributed by atoms with Crippen LogP contribution in [0.3, 0.4) is 0 Å². The third-order valence-electron chi connectivity index (χ3n) is 4.16. The van der Waals surface area contributed by atoms with Gasteiger partial charge in [0.1, 0.15) is 5.75 Å². The molecular weight excluding hydrogens is 411 g/mol. The van der Waals surface area contributed by atoms with E-state index in [1.165, 1.54) is 26.1 Å². The Labute approximate surface area is 191 Å². The van der Waals surface area contributed by atoms with Gasteiger partial charge in [0.05, 0.1) is 0 Å². The molecule has 0 amide bonds. The third kappa shape index (κ3) is 12.7. The standard InChI is InChI=1S/C11H16O.C9H13.C3H6.2ClH.Ti/c1-8-5-9(11(2,3)4)7-10(12)6-8;1-6-5-7(2)9(4)8(6)3;1-3-2;;;/h5-7,12H,1-4H3;6H,1-4H3;1-2H3;2*1H;/q;-1;;;;+1. The molecular formula is C23H37Cl2OTi. The number of phenolic OH excluding ortho intramolecular Hbond substituents is 1. The number of halogens is 2. The van der Waals surface area contributed by atoms with Gasteiger partial charge in [0.25, 0.3) is 0 Å². The Morgan fingerprint density at radius 1 is 1.00 bits per heavy atom. The molecule has 0 bridgehead atoms. The van der Waals surface area contributed by atoms with Crippen LogP contribution in [-0.4, -0.2) is 8.92 Å². The number of benzene rings is 1. The van der Waals surface area contributed by atoms with Gasteiger partial charge in [-0.05, 0) is 35.6 Å². The number of rotatable bonds is 0. The molecule has 0 aromatic heterocycles. The van der Waals surface area contributed by atoms with Crippen LogP contribution in [0.2, 0.25) is 0 Å². The van der Waals surface area contributed by atoms with Crippen molar-refractivity contribution in [2.45, 2.75) is 74.7 Å². The maximum atomic E-state index is 9.36. The van der Waals surface area contributed by atoms with Gasteiger partial charge in [0, 0.05) is 0 Å². The van der Waals surface area contributed by atoms with Crippen molar-refractivity contribution in [3.8, 4) is 5.75 Å². The topological polar surface area (TPSA) is 20.2 Å². The van der Waals surface area contributed by atoms with Crippen molar-refractivity contribution in [2.24, 2.45) is 5.92 Å². The normalized spacial score (nSPS) is 15.3. The van der Waals surface area contributed by atoms with E-state index in [9.17, 15) is 5.11 Å². The fourth-order valence-corrected chi connectivity index (χ4v) is 2.36. The van der Waals surface area contributed by atoms with Crippen molar-refractivity contribution in [3.05, 3.63) is 52.1 Å². The largest absolute Gasteiger partial charge is 0.508 e. The van der Waals surface area contributed by atoms with Gasteiger partial charge in [0.2, 0.25) is 0 Å². The molecule has 0 radical (unpaired) electrons. The van der Waals surface area contributed by atoms with Gasteiger partial charge in [-0.1, -0.05) is 53.5 Å². The van der Waals surface area contributed by atoms with Gasteiger partial charge in [-0.15, -0.1) is 31.7 Å². The van der Waals surface area contributed by atoms with E-state index in [-0.39, 0.29) is 30.2 Å². The first-order valence-electron chi connectivity index (χ1n) is 8.86. The zero-order valence-corrected chi connectivity index (χ0v) is 21.8. The summed E-state index contributed by atoms with van der Waals surface area (Å²) >= 11 is 2.08. The molecule has 0 fully saturated rings. The van der Waals surface area contributed by atoms with E-state index in [4.69, 9.17) is 0 Å². The van der Waals surface area contributed by atoms with E-state index < -0.39 is 0 Å². The summed E-state index contributed by atoms with van der Waals surface area (Å²) in [7, 11) is 0. The average molecular weight is 448 g/mol. The number of hydrogen-bond acceptors (Lipinski definition) is 1. The van der Waals surface area contributed by atoms with Crippen LogP contribution in [0.4, 0.5) is 0 Å². The molecule has 0 saturated carbocycles. The number of phenols is 1. The number of aromatic hydroxyl groups is 1. The number of aryl methyl sites for hydroxylation is 1. The molecule has 0 aliphatic heterocycles. The zero-order valence-electron chi connectivity index (χ0n) is 18.6. The zero-order chi connectivity index (χ0) is 19.9. The molecule has 0 heterocycles. The fraction of sp³-hybridized carbons (Fsp3) is 0.522. The quantitative estimate of drug-likeness (QED) is 0.326. The van der Waals surface area contributed by atoms with E-state index in [1.807, 2.05) is 13.0 Å². The SMILES string of the molecule is CC1=[C-]C(C)C(C)=C1C.C[C](C)=[Ti+].Cc1cc(O)cc(C(C)(C)C)c1.Cl.Cl. The van der Waals surface area contributed by atoms with E-state index in [2.05, 4.69) is 94.4 Å². The van der Waals surface area contributed by atoms with Gasteiger partial charge in [-0.3, -0.25) is 6.08 Å². The predicted molar refractivity (Wildman–Crippen MR) is 122 cm³/mol. The summed E-state index contributed by atoms with van der Waals surface area (Å²) in [5, 5.41) is 9.36. The first-order chi connectivity index (χ1) is 11.3. The maximum Gasteiger partial charge on any atom is 0.116 e. The molecule has 153 valence electrons. The van der Waals surface area contributed by atoms with Gasteiger partial charge in [0.15, 0.2) is 0 Å². The average Bonchev–Trinajstić information content (AvgIpc) is 2.63. The molecule has 27 heavy (non-hydrogen) atoms. The van der Waals surface area contributed by atoms with Crippen molar-refractivity contribution < 1.29 is 25.1 Å². The Bertz CT molecular complexity index is 643. The molecule has 1 unspecified atom stereocenters. The molecule has 1 aromatic carbocycles. The van der Waals surface area contributed by atoms with E-state index in [0.717, 1.165) is 5.56 Å². The first kappa shape index (κ1) is 31.4. The summed E-state index contributed by atoms with van der Waals surface area (Å²) in [6.45, 7) is 21.3. The van der Waals surface area contributed by atoms with Crippen LogP contribution in [0.1, 0.15) is 73.4 Å². The van der Waals surface area contributed by atoms with Gasteiger partial charge < -0.3 is 5.11 Å². The monoisotopic (exact) mass is 447 g/mol. The number of hydrogen-bond donors (Lipinski definition) is 1. The maximum absolute atomic E-state index is 9.36. The summed E-state index contributed by atoms with van der Waals surface area (Å²) in [6.07, 6.45) is 3.36. The Morgan fingerprint density at radius 3 is 1.67 bits per heavy atom. The van der Waals surface area contributed by atoms with E-state index >= 15 is 0 Å². The van der Waals surface area contributed by atoms with Crippen LogP contribution in [0.15, 0.2) is 34.9 Å². The van der Waals surface area contributed by atoms with Gasteiger partial charge >= 0.3 is 37.6 Å². The Morgan fingerprint density at radius 2 is 1.44 bits per heavy atom. The second-order valence-electron chi connectivity index (χ2n) is 8.11. The third-order valence-corrected chi connectivity index (χ3v) is 4.16. The molecule has 1 N–H and O–H groups in total. The predicted octanol–water partition coefficient (Wildman–Crippen LogP) is 7.31. The molecule has 0 spiro atoms. The van der Waals surface area contributed by atoms with Crippen LogP contribution < -0.4 is 0 Å². The fourth-order valence-electron chi connectivity index (χ4n) is 2.36. The minimum Gasteiger partial charge on any atom is -0.508 e. The van der Waals surface area contributed by atoms with Crippen molar-refractivity contribution in [3.63, 3.8) is 0 Å². The van der Waals surface area contributed by atoms with Crippen LogP contribution in [0.25, 0.3) is 0 Å². The Hall–Kier alpha value is -0.336. The molecule has 2 rings (SSSR count). The van der Waals surface area contributed by atoms with Gasteiger partial charge in [-0.2, -0.15) is 11.1 Å². The summed E-state index contributed by atoms with van der Waals surface area (Å²) in [6, 6.07) is 5.71. The second-order valence-corrected chi connectivity index (χ2v) is 9.67. The van der Waals surface area contributed by atoms with E-state index in [0.29, 0.717) is 11.7 Å². The van der Waals surface area contributed by atoms with Crippen LogP contribution in [0.5, 0.6) is 5.75 Å². The van der Waals surface area contributed by atoms with Crippen molar-refractivity contribution in [1.82, 2.24) is 0 Å². The van der Waals surface area contributed by atoms with E-state index in [1.54, 1.807) is 6.07 Å². The van der Waals surface area contributed by atoms with Crippen molar-refractivity contribution >= 4 is 28.6 Å². The Balaban J connectivity index is -0.000000343. The molecule has 1 aliphatic rings. The molecule has 1 atom stereocenters. The molecule has 1 aromatic rings. The number of allylic oxidation sites excluding steroid dienone is 4. The summed E-state index contributed by atoms with van der Waals surface area (Å²) in [5.41, 5.74) is 6.65. The Kier molecular flexibility index (Phi) is 16.0. The molecule has 4 heteroatoms. The van der Waals surface area contributed by atoms with Crippen LogP contribution >= 0.6 is 24.8 Å². The van der Waals surface area contributed by atoms with Crippen LogP contribution in [-0.2, 0) is 25.4 Å². The molecule has 1 aliphatic carbocycles. The smallest absolute Gasteiger partial charge is 0.116 e.